The summed E-state index contributed by atoms with van der Waals surface area (Å²) in [5.74, 6) is 0. The number of aryl methyl sites for hydroxylation is 2. The Morgan fingerprint density at radius 1 is 1.17 bits per heavy atom. The number of hydrogen-bond acceptors (Lipinski definition) is 1. The highest BCUT2D eigenvalue weighted by Crippen LogP contribution is 2.45. The van der Waals surface area contributed by atoms with Crippen LogP contribution in [0.2, 0.25) is 0 Å². The molecule has 1 aliphatic carbocycles. The molecule has 1 atom stereocenters. The van der Waals surface area contributed by atoms with Crippen LogP contribution in [0.15, 0.2) is 18.2 Å². The lowest BCUT2D eigenvalue weighted by Gasteiger charge is -2.34. The van der Waals surface area contributed by atoms with E-state index in [1.165, 1.54) is 42.4 Å². The molecule has 0 heterocycles. The first kappa shape index (κ1) is 13.6. The molecule has 0 saturated heterocycles. The molecule has 1 aromatic carbocycles. The number of rotatable bonds is 4. The van der Waals surface area contributed by atoms with Gasteiger partial charge in [0.2, 0.25) is 0 Å². The standard InChI is InChI=1S/C17H26O/c1-4-17(10-5-6-11-17)16(18)12-15-13(2)8-7-9-14(15)3/h7-9,16,18H,4-6,10-12H2,1-3H3. The van der Waals surface area contributed by atoms with Crippen molar-refractivity contribution in [2.45, 2.75) is 65.4 Å². The average Bonchev–Trinajstić information content (AvgIpc) is 2.84. The van der Waals surface area contributed by atoms with Gasteiger partial charge in [0, 0.05) is 0 Å². The van der Waals surface area contributed by atoms with Gasteiger partial charge in [-0.25, -0.2) is 0 Å². The SMILES string of the molecule is CCC1(C(O)Cc2c(C)cccc2C)CCCC1. The fourth-order valence-electron chi connectivity index (χ4n) is 3.58. The van der Waals surface area contributed by atoms with E-state index in [0.717, 1.165) is 12.8 Å². The molecule has 1 saturated carbocycles. The first-order valence-electron chi connectivity index (χ1n) is 7.32. The summed E-state index contributed by atoms with van der Waals surface area (Å²) in [4.78, 5) is 0. The van der Waals surface area contributed by atoms with Crippen molar-refractivity contribution in [1.29, 1.82) is 0 Å². The zero-order valence-electron chi connectivity index (χ0n) is 12.0. The van der Waals surface area contributed by atoms with Gasteiger partial charge in [0.25, 0.3) is 0 Å². The van der Waals surface area contributed by atoms with Crippen molar-refractivity contribution in [3.05, 3.63) is 34.9 Å². The van der Waals surface area contributed by atoms with E-state index in [4.69, 9.17) is 0 Å². The fraction of sp³-hybridized carbons (Fsp3) is 0.647. The molecule has 0 aliphatic heterocycles. The van der Waals surface area contributed by atoms with Gasteiger partial charge in [0.05, 0.1) is 6.10 Å². The van der Waals surface area contributed by atoms with Gasteiger partial charge in [0.1, 0.15) is 0 Å². The average molecular weight is 246 g/mol. The minimum atomic E-state index is -0.176. The molecule has 18 heavy (non-hydrogen) atoms. The highest BCUT2D eigenvalue weighted by atomic mass is 16.3. The minimum Gasteiger partial charge on any atom is -0.392 e. The zero-order valence-corrected chi connectivity index (χ0v) is 12.0. The second kappa shape index (κ2) is 5.44. The second-order valence-electron chi connectivity index (χ2n) is 6.01. The van der Waals surface area contributed by atoms with Crippen molar-refractivity contribution in [3.8, 4) is 0 Å². The topological polar surface area (TPSA) is 20.2 Å². The Bertz CT molecular complexity index is 382. The predicted octanol–water partition coefficient (Wildman–Crippen LogP) is 4.18. The molecule has 0 spiro atoms. The molecule has 0 bridgehead atoms. The van der Waals surface area contributed by atoms with Crippen LogP contribution in [0.4, 0.5) is 0 Å². The van der Waals surface area contributed by atoms with Crippen LogP contribution in [0.25, 0.3) is 0 Å². The van der Waals surface area contributed by atoms with Crippen LogP contribution < -0.4 is 0 Å². The van der Waals surface area contributed by atoms with Gasteiger partial charge < -0.3 is 5.11 Å². The highest BCUT2D eigenvalue weighted by molar-refractivity contribution is 5.34. The first-order valence-corrected chi connectivity index (χ1v) is 7.32. The predicted molar refractivity (Wildman–Crippen MR) is 76.8 cm³/mol. The Morgan fingerprint density at radius 3 is 2.22 bits per heavy atom. The lowest BCUT2D eigenvalue weighted by Crippen LogP contribution is -2.34. The third-order valence-corrected chi connectivity index (χ3v) is 5.05. The maximum Gasteiger partial charge on any atom is 0.0636 e. The van der Waals surface area contributed by atoms with Gasteiger partial charge in [-0.1, -0.05) is 38.0 Å². The highest BCUT2D eigenvalue weighted by Gasteiger charge is 2.38. The maximum absolute atomic E-state index is 10.7. The molecular formula is C17H26O. The Labute approximate surface area is 111 Å². The van der Waals surface area contributed by atoms with Crippen molar-refractivity contribution in [1.82, 2.24) is 0 Å². The fourth-order valence-corrected chi connectivity index (χ4v) is 3.58. The van der Waals surface area contributed by atoms with E-state index in [9.17, 15) is 5.11 Å². The molecule has 0 amide bonds. The van der Waals surface area contributed by atoms with Crippen molar-refractivity contribution in [2.24, 2.45) is 5.41 Å². The van der Waals surface area contributed by atoms with E-state index in [-0.39, 0.29) is 11.5 Å². The van der Waals surface area contributed by atoms with Gasteiger partial charge in [-0.3, -0.25) is 0 Å². The summed E-state index contributed by atoms with van der Waals surface area (Å²) in [5.41, 5.74) is 4.18. The lowest BCUT2D eigenvalue weighted by molar-refractivity contribution is 0.0255. The Morgan fingerprint density at radius 2 is 1.72 bits per heavy atom. The molecule has 1 unspecified atom stereocenters. The smallest absolute Gasteiger partial charge is 0.0636 e. The number of benzene rings is 1. The third kappa shape index (κ3) is 2.47. The normalized spacial score (nSPS) is 20.0. The molecule has 0 aromatic heterocycles. The molecule has 1 nitrogen and oxygen atoms in total. The molecule has 1 aliphatic rings. The molecule has 100 valence electrons. The van der Waals surface area contributed by atoms with Crippen LogP contribution in [0.1, 0.15) is 55.7 Å². The molecule has 1 fully saturated rings. The Balaban J connectivity index is 2.18. The van der Waals surface area contributed by atoms with Crippen LogP contribution in [0.5, 0.6) is 0 Å². The Hall–Kier alpha value is -0.820. The van der Waals surface area contributed by atoms with Crippen molar-refractivity contribution >= 4 is 0 Å². The van der Waals surface area contributed by atoms with Crippen molar-refractivity contribution in [3.63, 3.8) is 0 Å². The van der Waals surface area contributed by atoms with Gasteiger partial charge in [-0.15, -0.1) is 0 Å². The van der Waals surface area contributed by atoms with Gasteiger partial charge in [0.15, 0.2) is 0 Å². The van der Waals surface area contributed by atoms with E-state index in [0.29, 0.717) is 0 Å². The van der Waals surface area contributed by atoms with Crippen LogP contribution in [-0.4, -0.2) is 11.2 Å². The van der Waals surface area contributed by atoms with Crippen molar-refractivity contribution in [2.75, 3.05) is 0 Å². The van der Waals surface area contributed by atoms with E-state index in [1.807, 2.05) is 0 Å². The minimum absolute atomic E-state index is 0.176. The van der Waals surface area contributed by atoms with Crippen molar-refractivity contribution < 1.29 is 5.11 Å². The molecule has 0 radical (unpaired) electrons. The summed E-state index contributed by atoms with van der Waals surface area (Å²) >= 11 is 0. The monoisotopic (exact) mass is 246 g/mol. The second-order valence-corrected chi connectivity index (χ2v) is 6.01. The number of aliphatic hydroxyl groups is 1. The van der Waals surface area contributed by atoms with Gasteiger partial charge >= 0.3 is 0 Å². The largest absolute Gasteiger partial charge is 0.392 e. The summed E-state index contributed by atoms with van der Waals surface area (Å²) < 4.78 is 0. The van der Waals surface area contributed by atoms with E-state index in [1.54, 1.807) is 0 Å². The summed E-state index contributed by atoms with van der Waals surface area (Å²) in [7, 11) is 0. The quantitative estimate of drug-likeness (QED) is 0.845. The lowest BCUT2D eigenvalue weighted by atomic mass is 9.75. The van der Waals surface area contributed by atoms with Crippen LogP contribution in [0.3, 0.4) is 0 Å². The van der Waals surface area contributed by atoms with Crippen LogP contribution in [0, 0.1) is 19.3 Å². The van der Waals surface area contributed by atoms with Gasteiger partial charge in [-0.05, 0) is 61.6 Å². The Kier molecular flexibility index (Phi) is 4.11. The number of aliphatic hydroxyl groups excluding tert-OH is 1. The zero-order chi connectivity index (χ0) is 13.2. The first-order chi connectivity index (χ1) is 8.59. The van der Waals surface area contributed by atoms with E-state index >= 15 is 0 Å². The van der Waals surface area contributed by atoms with Crippen LogP contribution >= 0.6 is 0 Å². The van der Waals surface area contributed by atoms with Crippen LogP contribution in [-0.2, 0) is 6.42 Å². The molecular weight excluding hydrogens is 220 g/mol. The summed E-state index contributed by atoms with van der Waals surface area (Å²) in [6.45, 7) is 6.55. The summed E-state index contributed by atoms with van der Waals surface area (Å²) in [6.07, 6.45) is 6.75. The van der Waals surface area contributed by atoms with E-state index < -0.39 is 0 Å². The third-order valence-electron chi connectivity index (χ3n) is 5.05. The van der Waals surface area contributed by atoms with Gasteiger partial charge in [-0.2, -0.15) is 0 Å². The molecule has 1 heteroatoms. The summed E-state index contributed by atoms with van der Waals surface area (Å²) in [5, 5.41) is 10.7. The van der Waals surface area contributed by atoms with E-state index in [2.05, 4.69) is 39.0 Å². The number of hydrogen-bond donors (Lipinski definition) is 1. The molecule has 1 N–H and O–H groups in total. The molecule has 2 rings (SSSR count). The molecule has 1 aromatic rings. The maximum atomic E-state index is 10.7. The summed E-state index contributed by atoms with van der Waals surface area (Å²) in [6, 6.07) is 6.41.